The van der Waals surface area contributed by atoms with Crippen molar-refractivity contribution in [2.75, 3.05) is 13.7 Å². The molecule has 2 atom stereocenters. The lowest BCUT2D eigenvalue weighted by Crippen LogP contribution is -2.51. The second-order valence-corrected chi connectivity index (χ2v) is 6.45. The molecule has 3 N–H and O–H groups in total. The molecule has 0 aromatic heterocycles. The van der Waals surface area contributed by atoms with Crippen molar-refractivity contribution in [1.82, 2.24) is 10.6 Å². The molecule has 1 aromatic rings. The van der Waals surface area contributed by atoms with Gasteiger partial charge in [-0.3, -0.25) is 14.9 Å². The molecule has 1 aromatic carbocycles. The van der Waals surface area contributed by atoms with Gasteiger partial charge in [0.1, 0.15) is 5.92 Å². The number of phenolic OH excluding ortho intramolecular Hbond substituents is 1. The van der Waals surface area contributed by atoms with Crippen LogP contribution >= 0.6 is 0 Å². The number of esters is 1. The summed E-state index contributed by atoms with van der Waals surface area (Å²) >= 11 is 0. The van der Waals surface area contributed by atoms with Gasteiger partial charge in [-0.05, 0) is 17.5 Å². The Hall–Kier alpha value is -3.30. The SMILES string of the molecule is C=C1NC(=O)NC(c2cc(OC)c(O)c([N+](=O)[O-])c2)C1C(=O)OCC(C)C. The maximum atomic E-state index is 12.6. The molecule has 0 spiro atoms. The smallest absolute Gasteiger partial charge is 0.319 e. The first-order valence-electron chi connectivity index (χ1n) is 8.14. The fraction of sp³-hybridized carbons (Fsp3) is 0.412. The van der Waals surface area contributed by atoms with E-state index < -0.39 is 40.3 Å². The minimum absolute atomic E-state index is 0.0988. The van der Waals surface area contributed by atoms with E-state index in [0.29, 0.717) is 0 Å². The maximum Gasteiger partial charge on any atom is 0.319 e. The molecule has 1 aliphatic rings. The van der Waals surface area contributed by atoms with Crippen molar-refractivity contribution in [3.63, 3.8) is 0 Å². The normalized spacial score (nSPS) is 19.3. The number of nitro groups is 1. The van der Waals surface area contributed by atoms with Crippen LogP contribution in [0, 0.1) is 22.0 Å². The first kappa shape index (κ1) is 20.0. The summed E-state index contributed by atoms with van der Waals surface area (Å²) in [6, 6.07) is 0.783. The number of carbonyl (C=O) groups excluding carboxylic acids is 2. The highest BCUT2D eigenvalue weighted by atomic mass is 16.6. The Bertz CT molecular complexity index is 791. The van der Waals surface area contributed by atoms with Crippen molar-refractivity contribution in [2.45, 2.75) is 19.9 Å². The van der Waals surface area contributed by atoms with Crippen molar-refractivity contribution in [2.24, 2.45) is 11.8 Å². The Morgan fingerprint density at radius 2 is 2.11 bits per heavy atom. The average Bonchev–Trinajstić information content (AvgIpc) is 2.58. The number of nitrogens with one attached hydrogen (secondary N) is 2. The molecule has 1 fully saturated rings. The van der Waals surface area contributed by atoms with Gasteiger partial charge in [0.15, 0.2) is 5.75 Å². The van der Waals surface area contributed by atoms with E-state index >= 15 is 0 Å². The lowest BCUT2D eigenvalue weighted by molar-refractivity contribution is -0.386. The number of nitro benzene ring substituents is 1. The van der Waals surface area contributed by atoms with E-state index in [-0.39, 0.29) is 29.5 Å². The van der Waals surface area contributed by atoms with Crippen LogP contribution in [0.25, 0.3) is 0 Å². The molecule has 146 valence electrons. The third-order valence-corrected chi connectivity index (χ3v) is 3.94. The van der Waals surface area contributed by atoms with Gasteiger partial charge in [-0.1, -0.05) is 20.4 Å². The summed E-state index contributed by atoms with van der Waals surface area (Å²) < 4.78 is 10.2. The van der Waals surface area contributed by atoms with Gasteiger partial charge in [-0.2, -0.15) is 0 Å². The van der Waals surface area contributed by atoms with Crippen LogP contribution < -0.4 is 15.4 Å². The maximum absolute atomic E-state index is 12.6. The second-order valence-electron chi connectivity index (χ2n) is 6.45. The predicted molar refractivity (Wildman–Crippen MR) is 94.1 cm³/mol. The molecule has 0 bridgehead atoms. The molecule has 10 heteroatoms. The van der Waals surface area contributed by atoms with Crippen LogP contribution in [0.2, 0.25) is 0 Å². The number of carbonyl (C=O) groups is 2. The van der Waals surface area contributed by atoms with Crippen molar-refractivity contribution in [1.29, 1.82) is 0 Å². The van der Waals surface area contributed by atoms with Gasteiger partial charge in [-0.25, -0.2) is 4.79 Å². The van der Waals surface area contributed by atoms with E-state index in [2.05, 4.69) is 17.2 Å². The van der Waals surface area contributed by atoms with Crippen molar-refractivity contribution < 1.29 is 29.1 Å². The lowest BCUT2D eigenvalue weighted by Gasteiger charge is -2.33. The van der Waals surface area contributed by atoms with Gasteiger partial charge < -0.3 is 25.2 Å². The zero-order chi connectivity index (χ0) is 20.3. The van der Waals surface area contributed by atoms with E-state index in [1.807, 2.05) is 13.8 Å². The van der Waals surface area contributed by atoms with E-state index in [1.54, 1.807) is 0 Å². The van der Waals surface area contributed by atoms with Crippen LogP contribution in [0.4, 0.5) is 10.5 Å². The summed E-state index contributed by atoms with van der Waals surface area (Å²) in [7, 11) is 1.23. The van der Waals surface area contributed by atoms with Crippen LogP contribution in [0.15, 0.2) is 24.4 Å². The fourth-order valence-electron chi connectivity index (χ4n) is 2.67. The number of amides is 2. The molecule has 1 heterocycles. The molecule has 0 aliphatic carbocycles. The third-order valence-electron chi connectivity index (χ3n) is 3.94. The van der Waals surface area contributed by atoms with Crippen LogP contribution in [0.5, 0.6) is 11.5 Å². The quantitative estimate of drug-likeness (QED) is 0.390. The number of benzene rings is 1. The summed E-state index contributed by atoms with van der Waals surface area (Å²) in [4.78, 5) is 34.9. The van der Waals surface area contributed by atoms with Crippen LogP contribution in [0.3, 0.4) is 0 Å². The Kier molecular flexibility index (Phi) is 5.88. The summed E-state index contributed by atoms with van der Waals surface area (Å²) in [6.07, 6.45) is 0. The largest absolute Gasteiger partial charge is 0.500 e. The highest BCUT2D eigenvalue weighted by molar-refractivity contribution is 5.85. The average molecular weight is 379 g/mol. The molecule has 0 radical (unpaired) electrons. The number of aromatic hydroxyl groups is 1. The molecule has 10 nitrogen and oxygen atoms in total. The highest BCUT2D eigenvalue weighted by Gasteiger charge is 2.40. The third kappa shape index (κ3) is 4.27. The van der Waals surface area contributed by atoms with Crippen molar-refractivity contribution in [3.05, 3.63) is 40.1 Å². The second kappa shape index (κ2) is 7.94. The number of hydrogen-bond donors (Lipinski definition) is 3. The van der Waals surface area contributed by atoms with E-state index in [9.17, 15) is 24.8 Å². The van der Waals surface area contributed by atoms with Crippen LogP contribution in [0.1, 0.15) is 25.5 Å². The molecule has 2 rings (SSSR count). The standard InChI is InChI=1S/C17H21N3O7/c1-8(2)7-27-16(22)13-9(3)18-17(23)19-14(13)10-5-11(20(24)25)15(21)12(6-10)26-4/h5-6,8,13-14,21H,3,7H2,1-2,4H3,(H2,18,19,23). The lowest BCUT2D eigenvalue weighted by atomic mass is 9.88. The van der Waals surface area contributed by atoms with Crippen LogP contribution in [-0.2, 0) is 9.53 Å². The Labute approximate surface area is 155 Å². The van der Waals surface area contributed by atoms with E-state index in [0.717, 1.165) is 6.07 Å². The molecule has 1 saturated heterocycles. The molecular weight excluding hydrogens is 358 g/mol. The zero-order valence-corrected chi connectivity index (χ0v) is 15.1. The molecular formula is C17H21N3O7. The van der Waals surface area contributed by atoms with Gasteiger partial charge in [0.25, 0.3) is 0 Å². The van der Waals surface area contributed by atoms with Gasteiger partial charge in [-0.15, -0.1) is 0 Å². The number of methoxy groups -OCH3 is 1. The minimum Gasteiger partial charge on any atom is -0.500 e. The Morgan fingerprint density at radius 3 is 2.67 bits per heavy atom. The number of urea groups is 1. The van der Waals surface area contributed by atoms with Crippen molar-refractivity contribution in [3.8, 4) is 11.5 Å². The number of ether oxygens (including phenoxy) is 2. The van der Waals surface area contributed by atoms with E-state index in [1.165, 1.54) is 13.2 Å². The fourth-order valence-corrected chi connectivity index (χ4v) is 2.67. The number of hydrogen-bond acceptors (Lipinski definition) is 7. The Morgan fingerprint density at radius 1 is 1.44 bits per heavy atom. The Balaban J connectivity index is 2.49. The monoisotopic (exact) mass is 379 g/mol. The topological polar surface area (TPSA) is 140 Å². The van der Waals surface area contributed by atoms with Gasteiger partial charge >= 0.3 is 17.7 Å². The molecule has 2 amide bonds. The van der Waals surface area contributed by atoms with Crippen molar-refractivity contribution >= 4 is 17.7 Å². The van der Waals surface area contributed by atoms with Gasteiger partial charge in [0.2, 0.25) is 5.75 Å². The summed E-state index contributed by atoms with van der Waals surface area (Å²) in [5.41, 5.74) is -0.317. The number of phenols is 1. The summed E-state index contributed by atoms with van der Waals surface area (Å²) in [5, 5.41) is 26.1. The first-order chi connectivity index (χ1) is 12.6. The highest BCUT2D eigenvalue weighted by Crippen LogP contribution is 2.41. The predicted octanol–water partition coefficient (Wildman–Crippen LogP) is 1.99. The summed E-state index contributed by atoms with van der Waals surface area (Å²) in [6.45, 7) is 7.61. The first-order valence-corrected chi connectivity index (χ1v) is 8.14. The van der Waals surface area contributed by atoms with Gasteiger partial charge in [0.05, 0.1) is 24.7 Å². The number of nitrogens with zero attached hydrogens (tertiary/aromatic N) is 1. The summed E-state index contributed by atoms with van der Waals surface area (Å²) in [5.74, 6) is -2.37. The molecule has 2 unspecified atom stereocenters. The van der Waals surface area contributed by atoms with Crippen LogP contribution in [-0.4, -0.2) is 35.7 Å². The zero-order valence-electron chi connectivity index (χ0n) is 15.1. The molecule has 1 aliphatic heterocycles. The number of rotatable bonds is 6. The molecule has 0 saturated carbocycles. The molecule has 27 heavy (non-hydrogen) atoms. The minimum atomic E-state index is -1.02. The van der Waals surface area contributed by atoms with Gasteiger partial charge in [0, 0.05) is 11.8 Å². The van der Waals surface area contributed by atoms with E-state index in [4.69, 9.17) is 9.47 Å².